The molecule has 0 saturated heterocycles. The first-order valence-electron chi connectivity index (χ1n) is 8.35. The van der Waals surface area contributed by atoms with Crippen LogP contribution in [0.3, 0.4) is 0 Å². The minimum absolute atomic E-state index is 0.0399. The van der Waals surface area contributed by atoms with Crippen LogP contribution in [0.4, 0.5) is 4.39 Å². The van der Waals surface area contributed by atoms with E-state index in [9.17, 15) is 14.0 Å². The lowest BCUT2D eigenvalue weighted by Crippen LogP contribution is -2.28. The van der Waals surface area contributed by atoms with E-state index in [-0.39, 0.29) is 6.54 Å². The molecule has 0 saturated carbocycles. The summed E-state index contributed by atoms with van der Waals surface area (Å²) in [7, 11) is 0. The third kappa shape index (κ3) is 3.74. The molecule has 0 spiro atoms. The number of carbonyl (C=O) groups is 2. The zero-order valence-electron chi connectivity index (χ0n) is 14.4. The molecule has 1 N–H and O–H groups in total. The molecule has 0 atom stereocenters. The Bertz CT molecular complexity index is 949. The highest BCUT2D eigenvalue weighted by Gasteiger charge is 2.17. The highest BCUT2D eigenvalue weighted by Crippen LogP contribution is 2.22. The van der Waals surface area contributed by atoms with Crippen LogP contribution in [0.5, 0.6) is 0 Å². The molecule has 0 aliphatic heterocycles. The van der Waals surface area contributed by atoms with Gasteiger partial charge in [0.2, 0.25) is 0 Å². The predicted molar refractivity (Wildman–Crippen MR) is 96.1 cm³/mol. The summed E-state index contributed by atoms with van der Waals surface area (Å²) in [6.07, 6.45) is 1.73. The number of nitrogens with zero attached hydrogens (tertiary/aromatic N) is 1. The summed E-state index contributed by atoms with van der Waals surface area (Å²) >= 11 is 0. The van der Waals surface area contributed by atoms with Gasteiger partial charge in [0, 0.05) is 35.8 Å². The van der Waals surface area contributed by atoms with Gasteiger partial charge >= 0.3 is 5.97 Å². The van der Waals surface area contributed by atoms with Gasteiger partial charge in [-0.25, -0.2) is 9.18 Å². The molecule has 0 aliphatic rings. The summed E-state index contributed by atoms with van der Waals surface area (Å²) < 4.78 is 20.6. The highest BCUT2D eigenvalue weighted by molar-refractivity contribution is 6.04. The van der Waals surface area contributed by atoms with Crippen LogP contribution in [-0.4, -0.2) is 23.1 Å². The van der Waals surface area contributed by atoms with Crippen molar-refractivity contribution < 1.29 is 18.7 Å². The second kappa shape index (κ2) is 7.82. The quantitative estimate of drug-likeness (QED) is 0.691. The molecule has 5 nitrogen and oxygen atoms in total. The zero-order chi connectivity index (χ0) is 18.5. The fraction of sp³-hybridized carbons (Fsp3) is 0.200. The van der Waals surface area contributed by atoms with Gasteiger partial charge in [-0.2, -0.15) is 0 Å². The van der Waals surface area contributed by atoms with E-state index in [2.05, 4.69) is 5.32 Å². The van der Waals surface area contributed by atoms with Gasteiger partial charge in [0.1, 0.15) is 5.82 Å². The number of fused-ring (bicyclic) bond motifs is 1. The zero-order valence-corrected chi connectivity index (χ0v) is 14.4. The molecule has 1 aromatic heterocycles. The van der Waals surface area contributed by atoms with Gasteiger partial charge in [-0.3, -0.25) is 4.79 Å². The molecule has 0 radical (unpaired) electrons. The van der Waals surface area contributed by atoms with Crippen LogP contribution in [0.25, 0.3) is 10.9 Å². The first-order chi connectivity index (χ1) is 12.6. The van der Waals surface area contributed by atoms with E-state index in [0.29, 0.717) is 11.1 Å². The van der Waals surface area contributed by atoms with Crippen molar-refractivity contribution in [2.24, 2.45) is 0 Å². The topological polar surface area (TPSA) is 60.3 Å². The number of rotatable bonds is 6. The van der Waals surface area contributed by atoms with Gasteiger partial charge in [0.25, 0.3) is 5.91 Å². The Morgan fingerprint density at radius 1 is 1.12 bits per heavy atom. The molecule has 1 heterocycles. The van der Waals surface area contributed by atoms with Crippen LogP contribution in [-0.2, 0) is 22.6 Å². The van der Waals surface area contributed by atoms with Gasteiger partial charge in [-0.05, 0) is 19.1 Å². The fourth-order valence-electron chi connectivity index (χ4n) is 2.77. The van der Waals surface area contributed by atoms with E-state index in [4.69, 9.17) is 4.74 Å². The third-order valence-electron chi connectivity index (χ3n) is 4.12. The number of ether oxygens (including phenoxy) is 1. The van der Waals surface area contributed by atoms with E-state index >= 15 is 0 Å². The standard InChI is InChI=1S/C20H19FN2O3/c1-2-23-12-16(15-8-4-6-10-18(15)23)20(25)26-13-19(24)22-11-14-7-3-5-9-17(14)21/h3-10,12H,2,11,13H2,1H3,(H,22,24). The number of aryl methyl sites for hydroxylation is 1. The Morgan fingerprint density at radius 2 is 1.85 bits per heavy atom. The Morgan fingerprint density at radius 3 is 2.62 bits per heavy atom. The first-order valence-corrected chi connectivity index (χ1v) is 8.35. The molecule has 0 unspecified atom stereocenters. The highest BCUT2D eigenvalue weighted by atomic mass is 19.1. The van der Waals surface area contributed by atoms with Crippen molar-refractivity contribution in [3.05, 3.63) is 71.7 Å². The number of hydrogen-bond acceptors (Lipinski definition) is 3. The van der Waals surface area contributed by atoms with Gasteiger partial charge in [0.15, 0.2) is 6.61 Å². The smallest absolute Gasteiger partial charge is 0.340 e. The molecule has 134 valence electrons. The second-order valence-corrected chi connectivity index (χ2v) is 5.79. The molecule has 0 bridgehead atoms. The minimum Gasteiger partial charge on any atom is -0.452 e. The Kier molecular flexibility index (Phi) is 5.31. The van der Waals surface area contributed by atoms with Crippen molar-refractivity contribution in [3.63, 3.8) is 0 Å². The molecule has 6 heteroatoms. The maximum atomic E-state index is 13.5. The molecule has 2 aromatic carbocycles. The van der Waals surface area contributed by atoms with E-state index in [1.165, 1.54) is 6.07 Å². The number of hydrogen-bond donors (Lipinski definition) is 1. The fourth-order valence-corrected chi connectivity index (χ4v) is 2.77. The molecule has 3 rings (SSSR count). The van der Waals surface area contributed by atoms with Crippen LogP contribution < -0.4 is 5.32 Å². The Hall–Kier alpha value is -3.15. The van der Waals surface area contributed by atoms with Gasteiger partial charge in [0.05, 0.1) is 5.56 Å². The van der Waals surface area contributed by atoms with E-state index in [1.807, 2.05) is 35.8 Å². The molecular weight excluding hydrogens is 335 g/mol. The van der Waals surface area contributed by atoms with E-state index in [0.717, 1.165) is 17.4 Å². The van der Waals surface area contributed by atoms with Crippen molar-refractivity contribution in [2.75, 3.05) is 6.61 Å². The van der Waals surface area contributed by atoms with Crippen molar-refractivity contribution in [1.29, 1.82) is 0 Å². The van der Waals surface area contributed by atoms with Crippen LogP contribution in [0.2, 0.25) is 0 Å². The lowest BCUT2D eigenvalue weighted by molar-refractivity contribution is -0.124. The largest absolute Gasteiger partial charge is 0.452 e. The maximum absolute atomic E-state index is 13.5. The monoisotopic (exact) mass is 354 g/mol. The number of carbonyl (C=O) groups excluding carboxylic acids is 2. The van der Waals surface area contributed by atoms with Gasteiger partial charge in [-0.15, -0.1) is 0 Å². The predicted octanol–water partition coefficient (Wildman–Crippen LogP) is 3.27. The summed E-state index contributed by atoms with van der Waals surface area (Å²) in [5.74, 6) is -1.44. The average molecular weight is 354 g/mol. The maximum Gasteiger partial charge on any atom is 0.340 e. The van der Waals surface area contributed by atoms with Crippen molar-refractivity contribution >= 4 is 22.8 Å². The molecule has 0 fully saturated rings. The summed E-state index contributed by atoms with van der Waals surface area (Å²) in [4.78, 5) is 24.2. The Labute approximate surface area is 150 Å². The lowest BCUT2D eigenvalue weighted by atomic mass is 10.2. The number of para-hydroxylation sites is 1. The number of aromatic nitrogens is 1. The summed E-state index contributed by atoms with van der Waals surface area (Å²) in [5, 5.41) is 3.32. The SMILES string of the molecule is CCn1cc(C(=O)OCC(=O)NCc2ccccc2F)c2ccccc21. The number of benzene rings is 2. The van der Waals surface area contributed by atoms with Crippen LogP contribution >= 0.6 is 0 Å². The van der Waals surface area contributed by atoms with Crippen molar-refractivity contribution in [1.82, 2.24) is 9.88 Å². The van der Waals surface area contributed by atoms with E-state index in [1.54, 1.807) is 24.4 Å². The number of nitrogens with one attached hydrogen (secondary N) is 1. The normalized spacial score (nSPS) is 10.7. The van der Waals surface area contributed by atoms with E-state index < -0.39 is 24.3 Å². The molecule has 1 amide bonds. The lowest BCUT2D eigenvalue weighted by Gasteiger charge is -2.07. The number of amides is 1. The first kappa shape index (κ1) is 17.7. The Balaban J connectivity index is 1.60. The summed E-state index contributed by atoms with van der Waals surface area (Å²) in [5.41, 5.74) is 1.73. The van der Waals surface area contributed by atoms with Crippen molar-refractivity contribution in [3.8, 4) is 0 Å². The minimum atomic E-state index is -0.561. The summed E-state index contributed by atoms with van der Waals surface area (Å²) in [6.45, 7) is 2.33. The number of halogens is 1. The van der Waals surface area contributed by atoms with Crippen LogP contribution in [0.1, 0.15) is 22.8 Å². The van der Waals surface area contributed by atoms with Crippen molar-refractivity contribution in [2.45, 2.75) is 20.0 Å². The van der Waals surface area contributed by atoms with Gasteiger partial charge in [-0.1, -0.05) is 36.4 Å². The molecular formula is C20H19FN2O3. The molecule has 26 heavy (non-hydrogen) atoms. The molecule has 0 aliphatic carbocycles. The van der Waals surface area contributed by atoms with Gasteiger partial charge < -0.3 is 14.6 Å². The average Bonchev–Trinajstić information content (AvgIpc) is 3.04. The second-order valence-electron chi connectivity index (χ2n) is 5.79. The van der Waals surface area contributed by atoms with Crippen LogP contribution in [0.15, 0.2) is 54.7 Å². The molecule has 3 aromatic rings. The van der Waals surface area contributed by atoms with Crippen LogP contribution in [0, 0.1) is 5.82 Å². The third-order valence-corrected chi connectivity index (χ3v) is 4.12. The summed E-state index contributed by atoms with van der Waals surface area (Å²) in [6, 6.07) is 13.7. The number of esters is 1.